The van der Waals surface area contributed by atoms with Crippen LogP contribution in [0.15, 0.2) is 24.7 Å². The Morgan fingerprint density at radius 1 is 1.30 bits per heavy atom. The number of hydrogen-bond acceptors (Lipinski definition) is 6. The molecule has 1 aliphatic rings. The van der Waals surface area contributed by atoms with E-state index in [1.807, 2.05) is 6.92 Å². The summed E-state index contributed by atoms with van der Waals surface area (Å²) in [5.41, 5.74) is 0.172. The Morgan fingerprint density at radius 2 is 2.00 bits per heavy atom. The molecule has 0 radical (unpaired) electrons. The maximum absolute atomic E-state index is 11.3. The molecule has 1 saturated carbocycles. The van der Waals surface area contributed by atoms with Crippen LogP contribution in [0.25, 0.3) is 11.5 Å². The van der Waals surface area contributed by atoms with E-state index < -0.39 is 4.92 Å². The molecule has 3 rings (SSSR count). The molecule has 0 N–H and O–H groups in total. The molecule has 122 valence electrons. The van der Waals surface area contributed by atoms with Crippen molar-refractivity contribution in [2.24, 2.45) is 0 Å². The number of aromatic nitrogens is 4. The molecule has 8 heteroatoms. The van der Waals surface area contributed by atoms with Gasteiger partial charge in [-0.2, -0.15) is 5.10 Å². The molecule has 0 aliphatic heterocycles. The van der Waals surface area contributed by atoms with Crippen LogP contribution in [0.3, 0.4) is 0 Å². The molecule has 2 heterocycles. The monoisotopic (exact) mass is 317 g/mol. The van der Waals surface area contributed by atoms with E-state index in [0.717, 1.165) is 32.3 Å². The van der Waals surface area contributed by atoms with Crippen molar-refractivity contribution in [3.8, 4) is 11.5 Å². The highest BCUT2D eigenvalue weighted by Gasteiger charge is 2.28. The number of rotatable bonds is 5. The van der Waals surface area contributed by atoms with Crippen LogP contribution in [0.2, 0.25) is 0 Å². The average Bonchev–Trinajstić information content (AvgIpc) is 3.02. The molecule has 2 aromatic heterocycles. The minimum absolute atomic E-state index is 0.0527. The van der Waals surface area contributed by atoms with E-state index in [0.29, 0.717) is 6.10 Å². The molecule has 0 amide bonds. The van der Waals surface area contributed by atoms with E-state index in [4.69, 9.17) is 4.74 Å². The zero-order chi connectivity index (χ0) is 16.2. The van der Waals surface area contributed by atoms with E-state index in [2.05, 4.69) is 15.1 Å². The van der Waals surface area contributed by atoms with Crippen molar-refractivity contribution in [2.75, 3.05) is 6.61 Å². The van der Waals surface area contributed by atoms with Gasteiger partial charge in [0.25, 0.3) is 0 Å². The van der Waals surface area contributed by atoms with Gasteiger partial charge in [-0.1, -0.05) is 0 Å². The topological polar surface area (TPSA) is 96.0 Å². The van der Waals surface area contributed by atoms with Gasteiger partial charge in [0.05, 0.1) is 17.1 Å². The van der Waals surface area contributed by atoms with Gasteiger partial charge in [0.15, 0.2) is 5.82 Å². The summed E-state index contributed by atoms with van der Waals surface area (Å²) < 4.78 is 7.35. The molecule has 0 spiro atoms. The lowest BCUT2D eigenvalue weighted by molar-refractivity contribution is -0.384. The summed E-state index contributed by atoms with van der Waals surface area (Å²) in [7, 11) is 0. The van der Waals surface area contributed by atoms with Crippen molar-refractivity contribution in [3.63, 3.8) is 0 Å². The minimum atomic E-state index is -0.430. The lowest BCUT2D eigenvalue weighted by atomic mass is 9.93. The van der Waals surface area contributed by atoms with Gasteiger partial charge < -0.3 is 4.74 Å². The fraction of sp³-hybridized carbons (Fsp3) is 0.533. The van der Waals surface area contributed by atoms with Gasteiger partial charge in [0, 0.05) is 19.0 Å². The number of nitro groups is 1. The smallest absolute Gasteiger partial charge is 0.318 e. The average molecular weight is 317 g/mol. The summed E-state index contributed by atoms with van der Waals surface area (Å²) in [6.45, 7) is 2.72. The highest BCUT2D eigenvalue weighted by Crippen LogP contribution is 2.33. The predicted octanol–water partition coefficient (Wildman–Crippen LogP) is 2.77. The lowest BCUT2D eigenvalue weighted by Gasteiger charge is -2.28. The molecular weight excluding hydrogens is 298 g/mol. The van der Waals surface area contributed by atoms with E-state index in [-0.39, 0.29) is 23.2 Å². The van der Waals surface area contributed by atoms with Gasteiger partial charge in [-0.05, 0) is 38.7 Å². The van der Waals surface area contributed by atoms with Gasteiger partial charge in [0.1, 0.15) is 6.20 Å². The second kappa shape index (κ2) is 6.82. The standard InChI is InChI=1S/C15H19N5O3/c1-2-23-12-6-4-11(5-7-12)19-10-13(20(21)22)14(18-19)15-16-8-3-9-17-15/h3,8-12H,2,4-7H2,1H3. The second-order valence-corrected chi connectivity index (χ2v) is 5.56. The Labute approximate surface area is 133 Å². The molecule has 0 atom stereocenters. The molecule has 8 nitrogen and oxygen atoms in total. The van der Waals surface area contributed by atoms with Crippen LogP contribution in [0.1, 0.15) is 38.6 Å². The Bertz CT molecular complexity index is 665. The summed E-state index contributed by atoms with van der Waals surface area (Å²) in [4.78, 5) is 19.0. The molecule has 23 heavy (non-hydrogen) atoms. The Hall–Kier alpha value is -2.35. The largest absolute Gasteiger partial charge is 0.379 e. The highest BCUT2D eigenvalue weighted by atomic mass is 16.6. The first-order chi connectivity index (χ1) is 11.2. The van der Waals surface area contributed by atoms with Crippen LogP contribution in [-0.2, 0) is 4.74 Å². The first-order valence-electron chi connectivity index (χ1n) is 7.81. The maximum Gasteiger partial charge on any atom is 0.318 e. The van der Waals surface area contributed by atoms with Crippen molar-refractivity contribution in [3.05, 3.63) is 34.8 Å². The van der Waals surface area contributed by atoms with Crippen LogP contribution in [0, 0.1) is 10.1 Å². The molecular formula is C15H19N5O3. The Morgan fingerprint density at radius 3 is 2.61 bits per heavy atom. The van der Waals surface area contributed by atoms with Gasteiger partial charge >= 0.3 is 5.69 Å². The zero-order valence-corrected chi connectivity index (χ0v) is 13.0. The van der Waals surface area contributed by atoms with Crippen LogP contribution < -0.4 is 0 Å². The van der Waals surface area contributed by atoms with E-state index in [9.17, 15) is 10.1 Å². The summed E-state index contributed by atoms with van der Waals surface area (Å²) in [5, 5.41) is 15.7. The SMILES string of the molecule is CCOC1CCC(n2cc([N+](=O)[O-])c(-c3ncccn3)n2)CC1. The van der Waals surface area contributed by atoms with Crippen LogP contribution >= 0.6 is 0 Å². The normalized spacial score (nSPS) is 21.3. The van der Waals surface area contributed by atoms with E-state index >= 15 is 0 Å². The fourth-order valence-corrected chi connectivity index (χ4v) is 3.00. The number of ether oxygens (including phenoxy) is 1. The second-order valence-electron chi connectivity index (χ2n) is 5.56. The van der Waals surface area contributed by atoms with Gasteiger partial charge in [-0.15, -0.1) is 0 Å². The molecule has 1 fully saturated rings. The van der Waals surface area contributed by atoms with Crippen molar-refractivity contribution < 1.29 is 9.66 Å². The van der Waals surface area contributed by atoms with Crippen molar-refractivity contribution >= 4 is 5.69 Å². The minimum Gasteiger partial charge on any atom is -0.379 e. The molecule has 0 saturated heterocycles. The third-order valence-electron chi connectivity index (χ3n) is 4.11. The highest BCUT2D eigenvalue weighted by molar-refractivity contribution is 5.62. The summed E-state index contributed by atoms with van der Waals surface area (Å²) in [5.74, 6) is 0.279. The molecule has 0 unspecified atom stereocenters. The van der Waals surface area contributed by atoms with Crippen molar-refractivity contribution in [1.29, 1.82) is 0 Å². The molecule has 2 aromatic rings. The first kappa shape index (κ1) is 15.5. The quantitative estimate of drug-likeness (QED) is 0.621. The van der Waals surface area contributed by atoms with Crippen molar-refractivity contribution in [2.45, 2.75) is 44.8 Å². The molecule has 1 aliphatic carbocycles. The number of hydrogen-bond donors (Lipinski definition) is 0. The van der Waals surface area contributed by atoms with Crippen LogP contribution in [0.5, 0.6) is 0 Å². The van der Waals surface area contributed by atoms with E-state index in [1.54, 1.807) is 23.1 Å². The number of nitrogens with zero attached hydrogens (tertiary/aromatic N) is 5. The van der Waals surface area contributed by atoms with Gasteiger partial charge in [0.2, 0.25) is 5.69 Å². The Balaban J connectivity index is 1.83. The lowest BCUT2D eigenvalue weighted by Crippen LogP contribution is -2.24. The molecule has 0 bridgehead atoms. The van der Waals surface area contributed by atoms with Crippen LogP contribution in [-0.4, -0.2) is 37.4 Å². The summed E-state index contributed by atoms with van der Waals surface area (Å²) in [6, 6.07) is 1.82. The molecule has 0 aromatic carbocycles. The van der Waals surface area contributed by atoms with E-state index in [1.165, 1.54) is 6.20 Å². The van der Waals surface area contributed by atoms with Gasteiger partial charge in [-0.3, -0.25) is 14.8 Å². The Kier molecular flexibility index (Phi) is 4.61. The maximum atomic E-state index is 11.3. The zero-order valence-electron chi connectivity index (χ0n) is 13.0. The van der Waals surface area contributed by atoms with Crippen molar-refractivity contribution in [1.82, 2.24) is 19.7 Å². The van der Waals surface area contributed by atoms with Crippen LogP contribution in [0.4, 0.5) is 5.69 Å². The third kappa shape index (κ3) is 3.37. The fourth-order valence-electron chi connectivity index (χ4n) is 3.00. The third-order valence-corrected chi connectivity index (χ3v) is 4.11. The summed E-state index contributed by atoms with van der Waals surface area (Å²) in [6.07, 6.45) is 8.59. The summed E-state index contributed by atoms with van der Waals surface area (Å²) >= 11 is 0. The first-order valence-corrected chi connectivity index (χ1v) is 7.81. The van der Waals surface area contributed by atoms with Gasteiger partial charge in [-0.25, -0.2) is 9.97 Å². The predicted molar refractivity (Wildman–Crippen MR) is 82.8 cm³/mol.